The fourth-order valence-electron chi connectivity index (χ4n) is 2.88. The number of benzene rings is 2. The van der Waals surface area contributed by atoms with Crippen LogP contribution in [0, 0.1) is 6.92 Å². The van der Waals surface area contributed by atoms with E-state index in [2.05, 4.69) is 10.1 Å². The van der Waals surface area contributed by atoms with E-state index in [9.17, 15) is 13.6 Å². The van der Waals surface area contributed by atoms with Gasteiger partial charge in [0.05, 0.1) is 7.11 Å². The summed E-state index contributed by atoms with van der Waals surface area (Å²) in [6.07, 6.45) is 1.84. The molecule has 0 atom stereocenters. The van der Waals surface area contributed by atoms with Gasteiger partial charge in [-0.1, -0.05) is 23.7 Å². The summed E-state index contributed by atoms with van der Waals surface area (Å²) in [6.45, 7) is -0.776. The monoisotopic (exact) mass is 410 g/mol. The van der Waals surface area contributed by atoms with Crippen molar-refractivity contribution in [2.24, 2.45) is 0 Å². The largest absolute Gasteiger partial charge is 0.493 e. The number of hydrogen-bond acceptors (Lipinski definition) is 3. The van der Waals surface area contributed by atoms with Gasteiger partial charge in [0, 0.05) is 23.3 Å². The molecule has 150 valence electrons. The number of carbonyl (C=O) groups excluding carboxylic acids is 1. The summed E-state index contributed by atoms with van der Waals surface area (Å²) in [6, 6.07) is 9.91. The van der Waals surface area contributed by atoms with Gasteiger partial charge in [0.1, 0.15) is 0 Å². The Morgan fingerprint density at radius 2 is 2.04 bits per heavy atom. The van der Waals surface area contributed by atoms with Crippen molar-refractivity contribution in [1.82, 2.24) is 4.90 Å². The van der Waals surface area contributed by atoms with Gasteiger partial charge in [0.25, 0.3) is 0 Å². The van der Waals surface area contributed by atoms with Crippen LogP contribution in [0.5, 0.6) is 11.5 Å². The summed E-state index contributed by atoms with van der Waals surface area (Å²) in [7, 11) is 1.38. The van der Waals surface area contributed by atoms with Crippen molar-refractivity contribution < 1.29 is 23.0 Å². The summed E-state index contributed by atoms with van der Waals surface area (Å²) in [5.74, 6) is 0.151. The molecule has 0 unspecified atom stereocenters. The van der Waals surface area contributed by atoms with E-state index in [1.165, 1.54) is 13.2 Å². The smallest absolute Gasteiger partial charge is 0.387 e. The molecule has 1 fully saturated rings. The second-order valence-electron chi connectivity index (χ2n) is 6.57. The Morgan fingerprint density at radius 3 is 2.68 bits per heavy atom. The number of alkyl halides is 2. The molecule has 0 aliphatic heterocycles. The molecule has 0 aromatic heterocycles. The molecule has 3 rings (SSSR count). The van der Waals surface area contributed by atoms with Crippen LogP contribution in [0.25, 0.3) is 0 Å². The van der Waals surface area contributed by atoms with Crippen molar-refractivity contribution in [3.05, 3.63) is 52.5 Å². The molecule has 2 amide bonds. The van der Waals surface area contributed by atoms with Crippen LogP contribution in [0.1, 0.15) is 24.0 Å². The number of ether oxygens (including phenoxy) is 2. The molecule has 1 N–H and O–H groups in total. The van der Waals surface area contributed by atoms with Gasteiger partial charge in [-0.3, -0.25) is 0 Å². The zero-order valence-electron chi connectivity index (χ0n) is 15.5. The SMILES string of the molecule is COc1cc(CN(C(=O)Nc2cccc(Cl)c2C)C2CC2)ccc1OC(F)F. The maximum atomic E-state index is 12.8. The highest BCUT2D eigenvalue weighted by Gasteiger charge is 2.33. The third kappa shape index (κ3) is 4.84. The summed E-state index contributed by atoms with van der Waals surface area (Å²) in [5.41, 5.74) is 2.20. The average Bonchev–Trinajstić information content (AvgIpc) is 3.49. The fourth-order valence-corrected chi connectivity index (χ4v) is 3.06. The minimum Gasteiger partial charge on any atom is -0.493 e. The van der Waals surface area contributed by atoms with Crippen LogP contribution in [0.3, 0.4) is 0 Å². The molecule has 28 heavy (non-hydrogen) atoms. The molecular formula is C20H21ClF2N2O3. The van der Waals surface area contributed by atoms with Gasteiger partial charge < -0.3 is 19.7 Å². The van der Waals surface area contributed by atoms with Gasteiger partial charge in [-0.25, -0.2) is 4.79 Å². The zero-order chi connectivity index (χ0) is 20.3. The Hall–Kier alpha value is -2.54. The van der Waals surface area contributed by atoms with Gasteiger partial charge in [-0.05, 0) is 55.2 Å². The molecule has 1 aliphatic carbocycles. The van der Waals surface area contributed by atoms with Crippen LogP contribution in [0.15, 0.2) is 36.4 Å². The molecule has 5 nitrogen and oxygen atoms in total. The Morgan fingerprint density at radius 1 is 1.29 bits per heavy atom. The fraction of sp³-hybridized carbons (Fsp3) is 0.350. The van der Waals surface area contributed by atoms with E-state index in [1.54, 1.807) is 35.2 Å². The predicted octanol–water partition coefficient (Wildman–Crippen LogP) is 5.45. The van der Waals surface area contributed by atoms with Gasteiger partial charge in [-0.15, -0.1) is 0 Å². The molecule has 8 heteroatoms. The highest BCUT2D eigenvalue weighted by Crippen LogP contribution is 2.33. The Balaban J connectivity index is 1.76. The molecule has 1 aliphatic rings. The number of anilines is 1. The number of urea groups is 1. The Bertz CT molecular complexity index is 859. The topological polar surface area (TPSA) is 50.8 Å². The lowest BCUT2D eigenvalue weighted by atomic mass is 10.2. The molecular weight excluding hydrogens is 390 g/mol. The van der Waals surface area contributed by atoms with E-state index >= 15 is 0 Å². The normalized spacial score (nSPS) is 13.4. The van der Waals surface area contributed by atoms with Gasteiger partial charge in [0.2, 0.25) is 0 Å². The third-order valence-corrected chi connectivity index (χ3v) is 4.96. The quantitative estimate of drug-likeness (QED) is 0.659. The molecule has 2 aromatic carbocycles. The third-order valence-electron chi connectivity index (χ3n) is 4.55. The van der Waals surface area contributed by atoms with Gasteiger partial charge >= 0.3 is 12.6 Å². The first-order chi connectivity index (χ1) is 13.4. The van der Waals surface area contributed by atoms with Crippen LogP contribution in [0.2, 0.25) is 5.02 Å². The van der Waals surface area contributed by atoms with Crippen molar-refractivity contribution in [3.63, 3.8) is 0 Å². The van der Waals surface area contributed by atoms with Crippen LogP contribution in [0.4, 0.5) is 19.3 Å². The summed E-state index contributed by atoms with van der Waals surface area (Å²) in [4.78, 5) is 14.6. The molecule has 1 saturated carbocycles. The van der Waals surface area contributed by atoms with Crippen molar-refractivity contribution in [3.8, 4) is 11.5 Å². The maximum absolute atomic E-state index is 12.8. The molecule has 0 bridgehead atoms. The number of carbonyl (C=O) groups is 1. The van der Waals surface area contributed by atoms with Crippen LogP contribution in [-0.4, -0.2) is 30.7 Å². The molecule has 0 heterocycles. The number of methoxy groups -OCH3 is 1. The second kappa shape index (κ2) is 8.65. The van der Waals surface area contributed by atoms with Gasteiger partial charge in [0.15, 0.2) is 11.5 Å². The summed E-state index contributed by atoms with van der Waals surface area (Å²) >= 11 is 6.12. The second-order valence-corrected chi connectivity index (χ2v) is 6.97. The highest BCUT2D eigenvalue weighted by atomic mass is 35.5. The lowest BCUT2D eigenvalue weighted by Crippen LogP contribution is -2.36. The minimum absolute atomic E-state index is 0.0433. The first kappa shape index (κ1) is 20.2. The summed E-state index contributed by atoms with van der Waals surface area (Å²) < 4.78 is 34.6. The van der Waals surface area contributed by atoms with Crippen LogP contribution in [-0.2, 0) is 6.54 Å². The highest BCUT2D eigenvalue weighted by molar-refractivity contribution is 6.31. The number of rotatable bonds is 7. The number of nitrogens with zero attached hydrogens (tertiary/aromatic N) is 1. The van der Waals surface area contributed by atoms with Crippen molar-refractivity contribution in [2.45, 2.75) is 39.0 Å². The standard InChI is InChI=1S/C20H21ClF2N2O3/c1-12-15(21)4-3-5-16(12)24-20(26)25(14-7-8-14)11-13-6-9-17(28-19(22)23)18(10-13)27-2/h3-6,9-10,14,19H,7-8,11H2,1-2H3,(H,24,26). The Labute approximate surface area is 167 Å². The number of hydrogen-bond donors (Lipinski definition) is 1. The van der Waals surface area contributed by atoms with E-state index in [4.69, 9.17) is 16.3 Å². The van der Waals surface area contributed by atoms with Crippen LogP contribution >= 0.6 is 11.6 Å². The number of halogens is 3. The summed E-state index contributed by atoms with van der Waals surface area (Å²) in [5, 5.41) is 3.49. The first-order valence-corrected chi connectivity index (χ1v) is 9.21. The van der Waals surface area contributed by atoms with E-state index in [-0.39, 0.29) is 23.6 Å². The van der Waals surface area contributed by atoms with Gasteiger partial charge in [-0.2, -0.15) is 8.78 Å². The first-order valence-electron chi connectivity index (χ1n) is 8.83. The molecule has 0 saturated heterocycles. The van der Waals surface area contributed by atoms with E-state index in [1.807, 2.05) is 6.92 Å². The minimum atomic E-state index is -2.94. The molecule has 0 radical (unpaired) electrons. The number of amides is 2. The van der Waals surface area contributed by atoms with Crippen molar-refractivity contribution >= 4 is 23.3 Å². The number of nitrogens with one attached hydrogen (secondary N) is 1. The van der Waals surface area contributed by atoms with E-state index in [0.29, 0.717) is 17.3 Å². The van der Waals surface area contributed by atoms with E-state index in [0.717, 1.165) is 24.0 Å². The van der Waals surface area contributed by atoms with Crippen LogP contribution < -0.4 is 14.8 Å². The lowest BCUT2D eigenvalue weighted by molar-refractivity contribution is -0.0512. The van der Waals surface area contributed by atoms with Crippen molar-refractivity contribution in [2.75, 3.05) is 12.4 Å². The Kier molecular flexibility index (Phi) is 6.24. The molecule has 2 aromatic rings. The predicted molar refractivity (Wildman–Crippen MR) is 103 cm³/mol. The maximum Gasteiger partial charge on any atom is 0.387 e. The van der Waals surface area contributed by atoms with Crippen molar-refractivity contribution in [1.29, 1.82) is 0 Å². The average molecular weight is 411 g/mol. The molecule has 0 spiro atoms. The zero-order valence-corrected chi connectivity index (χ0v) is 16.3. The lowest BCUT2D eigenvalue weighted by Gasteiger charge is -2.24. The van der Waals surface area contributed by atoms with E-state index < -0.39 is 6.61 Å².